The lowest BCUT2D eigenvalue weighted by Gasteiger charge is -2.16. The summed E-state index contributed by atoms with van der Waals surface area (Å²) in [6.45, 7) is 1.17. The largest absolute Gasteiger partial charge is 0.391 e. The minimum absolute atomic E-state index is 0.404. The van der Waals surface area contributed by atoms with Crippen molar-refractivity contribution in [3.8, 4) is 6.07 Å². The average molecular weight is 247 g/mol. The fourth-order valence-electron chi connectivity index (χ4n) is 1.33. The van der Waals surface area contributed by atoms with E-state index in [9.17, 15) is 22.8 Å². The Hall–Kier alpha value is -2.04. The van der Waals surface area contributed by atoms with Crippen molar-refractivity contribution < 1.29 is 13.2 Å². The first-order valence-electron chi connectivity index (χ1n) is 4.57. The molecule has 1 aromatic rings. The summed E-state index contributed by atoms with van der Waals surface area (Å²) in [6.07, 6.45) is -4.82. The van der Waals surface area contributed by atoms with Gasteiger partial charge in [-0.1, -0.05) is 0 Å². The van der Waals surface area contributed by atoms with E-state index in [1.54, 1.807) is 4.98 Å². The molecule has 0 aliphatic carbocycles. The van der Waals surface area contributed by atoms with Crippen LogP contribution in [0, 0.1) is 11.3 Å². The molecule has 0 bridgehead atoms. The number of nitriles is 1. The molecule has 0 aromatic carbocycles. The van der Waals surface area contributed by atoms with Crippen LogP contribution in [0.25, 0.3) is 0 Å². The first-order valence-corrected chi connectivity index (χ1v) is 4.57. The fraction of sp³-hybridized carbons (Fsp3) is 0.444. The number of aromatic amines is 1. The van der Waals surface area contributed by atoms with Crippen LogP contribution in [0.15, 0.2) is 15.8 Å². The molecule has 17 heavy (non-hydrogen) atoms. The van der Waals surface area contributed by atoms with Crippen LogP contribution in [0.3, 0.4) is 0 Å². The number of nitrogens with one attached hydrogen (secondary N) is 1. The maximum absolute atomic E-state index is 12.1. The quantitative estimate of drug-likeness (QED) is 0.844. The zero-order valence-corrected chi connectivity index (χ0v) is 8.71. The predicted octanol–water partition coefficient (Wildman–Crippen LogP) is 0.922. The van der Waals surface area contributed by atoms with Gasteiger partial charge in [0, 0.05) is 12.2 Å². The SMILES string of the molecule is CC(CC(F)(F)F)n1cc(C#N)c(=O)[nH]c1=O. The number of aromatic nitrogens is 2. The maximum atomic E-state index is 12.1. The molecule has 1 aromatic heterocycles. The van der Waals surface area contributed by atoms with Crippen LogP contribution in [0.4, 0.5) is 13.2 Å². The Morgan fingerprint density at radius 2 is 2.12 bits per heavy atom. The Kier molecular flexibility index (Phi) is 3.41. The monoisotopic (exact) mass is 247 g/mol. The second-order valence-corrected chi connectivity index (χ2v) is 3.49. The second kappa shape index (κ2) is 4.45. The van der Waals surface area contributed by atoms with E-state index in [1.165, 1.54) is 13.0 Å². The number of H-pyrrole nitrogens is 1. The Morgan fingerprint density at radius 1 is 1.53 bits per heavy atom. The predicted molar refractivity (Wildman–Crippen MR) is 51.4 cm³/mol. The van der Waals surface area contributed by atoms with Crippen molar-refractivity contribution in [3.63, 3.8) is 0 Å². The van der Waals surface area contributed by atoms with Gasteiger partial charge in [-0.2, -0.15) is 18.4 Å². The van der Waals surface area contributed by atoms with E-state index in [2.05, 4.69) is 0 Å². The molecule has 0 aliphatic heterocycles. The number of hydrogen-bond acceptors (Lipinski definition) is 3. The second-order valence-electron chi connectivity index (χ2n) is 3.49. The van der Waals surface area contributed by atoms with Gasteiger partial charge < -0.3 is 0 Å². The van der Waals surface area contributed by atoms with Crippen LogP contribution in [-0.4, -0.2) is 15.7 Å². The topological polar surface area (TPSA) is 78.7 Å². The third-order valence-corrected chi connectivity index (χ3v) is 2.09. The Labute approximate surface area is 93.1 Å². The van der Waals surface area contributed by atoms with Gasteiger partial charge in [0.25, 0.3) is 5.56 Å². The zero-order valence-electron chi connectivity index (χ0n) is 8.71. The molecule has 8 heteroatoms. The summed E-state index contributed by atoms with van der Waals surface area (Å²) >= 11 is 0. The molecule has 0 saturated heterocycles. The number of rotatable bonds is 2. The maximum Gasteiger partial charge on any atom is 0.391 e. The van der Waals surface area contributed by atoms with Gasteiger partial charge in [-0.15, -0.1) is 0 Å². The molecule has 0 radical (unpaired) electrons. The van der Waals surface area contributed by atoms with E-state index in [0.29, 0.717) is 4.57 Å². The van der Waals surface area contributed by atoms with Crippen LogP contribution < -0.4 is 11.2 Å². The van der Waals surface area contributed by atoms with E-state index >= 15 is 0 Å². The highest BCUT2D eigenvalue weighted by Crippen LogP contribution is 2.26. The Balaban J connectivity index is 3.20. The Morgan fingerprint density at radius 3 is 2.59 bits per heavy atom. The van der Waals surface area contributed by atoms with Crippen molar-refractivity contribution in [3.05, 3.63) is 32.6 Å². The van der Waals surface area contributed by atoms with E-state index in [-0.39, 0.29) is 0 Å². The number of hydrogen-bond donors (Lipinski definition) is 1. The van der Waals surface area contributed by atoms with Crippen LogP contribution in [0.2, 0.25) is 0 Å². The number of alkyl halides is 3. The minimum Gasteiger partial charge on any atom is -0.296 e. The highest BCUT2D eigenvalue weighted by Gasteiger charge is 2.31. The van der Waals surface area contributed by atoms with Crippen molar-refractivity contribution in [1.82, 2.24) is 9.55 Å². The van der Waals surface area contributed by atoms with Gasteiger partial charge in [0.05, 0.1) is 6.42 Å². The molecule has 1 rings (SSSR count). The molecule has 0 aliphatic rings. The third-order valence-electron chi connectivity index (χ3n) is 2.09. The van der Waals surface area contributed by atoms with Gasteiger partial charge in [-0.3, -0.25) is 14.3 Å². The van der Waals surface area contributed by atoms with Gasteiger partial charge in [0.15, 0.2) is 0 Å². The van der Waals surface area contributed by atoms with E-state index < -0.39 is 35.5 Å². The summed E-state index contributed by atoms with van der Waals surface area (Å²) in [5.41, 5.74) is -2.28. The van der Waals surface area contributed by atoms with Gasteiger partial charge in [-0.25, -0.2) is 4.79 Å². The summed E-state index contributed by atoms with van der Waals surface area (Å²) in [5.74, 6) is 0. The van der Waals surface area contributed by atoms with E-state index in [0.717, 1.165) is 6.20 Å². The molecule has 1 heterocycles. The first-order chi connectivity index (χ1) is 7.74. The van der Waals surface area contributed by atoms with Gasteiger partial charge in [0.1, 0.15) is 11.6 Å². The standard InChI is InChI=1S/C9H8F3N3O2/c1-5(2-9(10,11)12)15-4-6(3-13)7(16)14-8(15)17/h4-5H,2H2,1H3,(H,14,16,17). The lowest BCUT2D eigenvalue weighted by atomic mass is 10.2. The highest BCUT2D eigenvalue weighted by molar-refractivity contribution is 5.21. The van der Waals surface area contributed by atoms with Crippen LogP contribution in [-0.2, 0) is 0 Å². The van der Waals surface area contributed by atoms with Crippen molar-refractivity contribution in [2.45, 2.75) is 25.6 Å². The summed E-state index contributed by atoms with van der Waals surface area (Å²) in [7, 11) is 0. The lowest BCUT2D eigenvalue weighted by molar-refractivity contribution is -0.141. The molecule has 0 spiro atoms. The van der Waals surface area contributed by atoms with Gasteiger partial charge >= 0.3 is 11.9 Å². The summed E-state index contributed by atoms with van der Waals surface area (Å²) in [4.78, 5) is 24.1. The minimum atomic E-state index is -4.43. The lowest BCUT2D eigenvalue weighted by Crippen LogP contribution is -2.34. The molecular weight excluding hydrogens is 239 g/mol. The number of halogens is 3. The van der Waals surface area contributed by atoms with E-state index in [1.807, 2.05) is 0 Å². The molecule has 0 amide bonds. The van der Waals surface area contributed by atoms with Gasteiger partial charge in [0.2, 0.25) is 0 Å². The van der Waals surface area contributed by atoms with Crippen LogP contribution in [0.5, 0.6) is 0 Å². The van der Waals surface area contributed by atoms with Crippen molar-refractivity contribution >= 4 is 0 Å². The Bertz CT molecular complexity index is 565. The molecular formula is C9H8F3N3O2. The number of nitrogens with zero attached hydrogens (tertiary/aromatic N) is 2. The highest BCUT2D eigenvalue weighted by atomic mass is 19.4. The van der Waals surface area contributed by atoms with Crippen molar-refractivity contribution in [2.75, 3.05) is 0 Å². The first kappa shape index (κ1) is 13.0. The fourth-order valence-corrected chi connectivity index (χ4v) is 1.33. The van der Waals surface area contributed by atoms with Crippen molar-refractivity contribution in [2.24, 2.45) is 0 Å². The normalized spacial score (nSPS) is 13.1. The molecule has 1 atom stereocenters. The smallest absolute Gasteiger partial charge is 0.296 e. The molecule has 5 nitrogen and oxygen atoms in total. The molecule has 0 fully saturated rings. The summed E-state index contributed by atoms with van der Waals surface area (Å²) in [6, 6.07) is 0.307. The molecule has 92 valence electrons. The van der Waals surface area contributed by atoms with Crippen molar-refractivity contribution in [1.29, 1.82) is 5.26 Å². The summed E-state index contributed by atoms with van der Waals surface area (Å²) < 4.78 is 37.1. The summed E-state index contributed by atoms with van der Waals surface area (Å²) in [5, 5.41) is 8.54. The van der Waals surface area contributed by atoms with E-state index in [4.69, 9.17) is 5.26 Å². The molecule has 1 unspecified atom stereocenters. The van der Waals surface area contributed by atoms with Crippen LogP contribution >= 0.6 is 0 Å². The molecule has 0 saturated carbocycles. The van der Waals surface area contributed by atoms with Gasteiger partial charge in [-0.05, 0) is 6.92 Å². The third kappa shape index (κ3) is 3.21. The van der Waals surface area contributed by atoms with Crippen LogP contribution in [0.1, 0.15) is 24.9 Å². The average Bonchev–Trinajstić information content (AvgIpc) is 2.14. The zero-order chi connectivity index (χ0) is 13.2. The molecule has 1 N–H and O–H groups in total.